The lowest BCUT2D eigenvalue weighted by atomic mass is 10.1. The summed E-state index contributed by atoms with van der Waals surface area (Å²) in [5, 5.41) is 9.12. The van der Waals surface area contributed by atoms with Crippen molar-refractivity contribution in [2.75, 3.05) is 14.2 Å². The summed E-state index contributed by atoms with van der Waals surface area (Å²) in [4.78, 5) is 14.2. The lowest BCUT2D eigenvalue weighted by molar-refractivity contribution is 0.0696. The zero-order valence-corrected chi connectivity index (χ0v) is 11.9. The maximum atomic E-state index is 11.1. The van der Waals surface area contributed by atoms with Crippen LogP contribution in [0.3, 0.4) is 0 Å². The highest BCUT2D eigenvalue weighted by Crippen LogP contribution is 2.37. The van der Waals surface area contributed by atoms with Crippen LogP contribution in [0.15, 0.2) is 18.2 Å². The molecule has 0 saturated carbocycles. The molecule has 0 aliphatic heterocycles. The van der Waals surface area contributed by atoms with E-state index in [-0.39, 0.29) is 5.56 Å². The Hall–Kier alpha value is -2.43. The van der Waals surface area contributed by atoms with Crippen LogP contribution in [0.25, 0.3) is 11.3 Å². The van der Waals surface area contributed by atoms with Gasteiger partial charge in [-0.1, -0.05) is 0 Å². The summed E-state index contributed by atoms with van der Waals surface area (Å²) in [6.07, 6.45) is 0. The van der Waals surface area contributed by atoms with Gasteiger partial charge in [-0.3, -0.25) is 0 Å². The van der Waals surface area contributed by atoms with Gasteiger partial charge in [-0.2, -0.15) is 0 Å². The first-order valence-corrected chi connectivity index (χ1v) is 6.14. The van der Waals surface area contributed by atoms with Crippen LogP contribution >= 0.6 is 0 Å². The minimum atomic E-state index is -0.950. The van der Waals surface area contributed by atoms with E-state index in [9.17, 15) is 4.79 Å². The minimum Gasteiger partial charge on any atom is -0.496 e. The molecule has 0 saturated heterocycles. The number of aromatic nitrogens is 1. The molecule has 2 aromatic rings. The average molecular weight is 275 g/mol. The monoisotopic (exact) mass is 275 g/mol. The first kappa shape index (κ1) is 14.0. The van der Waals surface area contributed by atoms with Crippen molar-refractivity contribution in [1.82, 2.24) is 4.98 Å². The molecule has 1 aromatic carbocycles. The van der Waals surface area contributed by atoms with E-state index in [0.29, 0.717) is 17.1 Å². The number of benzene rings is 1. The summed E-state index contributed by atoms with van der Waals surface area (Å²) in [5.74, 6) is 0.448. The van der Waals surface area contributed by atoms with Crippen molar-refractivity contribution in [2.45, 2.75) is 13.8 Å². The van der Waals surface area contributed by atoms with Crippen molar-refractivity contribution >= 4 is 5.97 Å². The van der Waals surface area contributed by atoms with Crippen LogP contribution in [0.4, 0.5) is 0 Å². The topological polar surface area (TPSA) is 71.5 Å². The molecule has 0 spiro atoms. The van der Waals surface area contributed by atoms with E-state index in [4.69, 9.17) is 14.6 Å². The van der Waals surface area contributed by atoms with Gasteiger partial charge >= 0.3 is 5.97 Å². The molecule has 2 N–H and O–H groups in total. The van der Waals surface area contributed by atoms with Crippen LogP contribution in [0.5, 0.6) is 11.5 Å². The van der Waals surface area contributed by atoms with E-state index in [0.717, 1.165) is 16.9 Å². The Morgan fingerprint density at radius 2 is 1.90 bits per heavy atom. The van der Waals surface area contributed by atoms with Gasteiger partial charge in [0.05, 0.1) is 25.5 Å². The standard InChI is InChI=1S/C15H17NO4/c1-8-13(19-3)6-5-10(14(8)20-4)12-7-11(15(17)18)9(2)16-12/h5-7,16H,1-4H3,(H,17,18). The number of nitrogens with one attached hydrogen (secondary N) is 1. The van der Waals surface area contributed by atoms with Crippen molar-refractivity contribution in [3.05, 3.63) is 35.0 Å². The van der Waals surface area contributed by atoms with Crippen LogP contribution in [0.2, 0.25) is 0 Å². The molecule has 0 radical (unpaired) electrons. The van der Waals surface area contributed by atoms with E-state index < -0.39 is 5.97 Å². The first-order valence-electron chi connectivity index (χ1n) is 6.14. The molecule has 20 heavy (non-hydrogen) atoms. The first-order chi connectivity index (χ1) is 9.49. The van der Waals surface area contributed by atoms with Gasteiger partial charge in [-0.15, -0.1) is 0 Å². The quantitative estimate of drug-likeness (QED) is 0.899. The number of aromatic carboxylic acids is 1. The normalized spacial score (nSPS) is 10.4. The van der Waals surface area contributed by atoms with E-state index in [2.05, 4.69) is 4.98 Å². The van der Waals surface area contributed by atoms with Crippen LogP contribution in [0, 0.1) is 13.8 Å². The third kappa shape index (κ3) is 2.22. The van der Waals surface area contributed by atoms with Crippen LogP contribution in [-0.2, 0) is 0 Å². The number of carboxylic acid groups (broad SMARTS) is 1. The summed E-state index contributed by atoms with van der Waals surface area (Å²) in [5.41, 5.74) is 3.26. The highest BCUT2D eigenvalue weighted by Gasteiger charge is 2.17. The van der Waals surface area contributed by atoms with Gasteiger partial charge in [0, 0.05) is 16.8 Å². The largest absolute Gasteiger partial charge is 0.496 e. The second kappa shape index (κ2) is 5.28. The number of ether oxygens (including phenoxy) is 2. The molecule has 2 rings (SSSR count). The number of carbonyl (C=O) groups is 1. The third-order valence-electron chi connectivity index (χ3n) is 3.32. The van der Waals surface area contributed by atoms with E-state index >= 15 is 0 Å². The lowest BCUT2D eigenvalue weighted by Gasteiger charge is -2.13. The number of aryl methyl sites for hydroxylation is 1. The van der Waals surface area contributed by atoms with Crippen molar-refractivity contribution in [3.8, 4) is 22.8 Å². The summed E-state index contributed by atoms with van der Waals surface area (Å²) in [6.45, 7) is 3.63. The number of aromatic amines is 1. The van der Waals surface area contributed by atoms with Gasteiger partial charge in [-0.05, 0) is 32.0 Å². The Morgan fingerprint density at radius 1 is 1.20 bits per heavy atom. The van der Waals surface area contributed by atoms with Crippen molar-refractivity contribution in [2.24, 2.45) is 0 Å². The molecule has 0 fully saturated rings. The molecule has 5 heteroatoms. The second-order valence-electron chi connectivity index (χ2n) is 4.50. The molecule has 106 valence electrons. The Labute approximate surface area is 117 Å². The molecule has 0 amide bonds. The smallest absolute Gasteiger partial charge is 0.337 e. The van der Waals surface area contributed by atoms with Crippen molar-refractivity contribution < 1.29 is 19.4 Å². The van der Waals surface area contributed by atoms with Gasteiger partial charge in [-0.25, -0.2) is 4.79 Å². The van der Waals surface area contributed by atoms with Gasteiger partial charge in [0.25, 0.3) is 0 Å². The minimum absolute atomic E-state index is 0.260. The van der Waals surface area contributed by atoms with Crippen molar-refractivity contribution in [1.29, 1.82) is 0 Å². The highest BCUT2D eigenvalue weighted by atomic mass is 16.5. The molecule has 1 heterocycles. The zero-order chi connectivity index (χ0) is 14.9. The molecule has 0 bridgehead atoms. The van der Waals surface area contributed by atoms with E-state index in [1.807, 2.05) is 19.1 Å². The predicted molar refractivity (Wildman–Crippen MR) is 75.8 cm³/mol. The van der Waals surface area contributed by atoms with Gasteiger partial charge in [0.15, 0.2) is 0 Å². The number of hydrogen-bond acceptors (Lipinski definition) is 3. The number of H-pyrrole nitrogens is 1. The summed E-state index contributed by atoms with van der Waals surface area (Å²) in [6, 6.07) is 5.30. The maximum absolute atomic E-state index is 11.1. The van der Waals surface area contributed by atoms with Crippen LogP contribution in [-0.4, -0.2) is 30.3 Å². The predicted octanol–water partition coefficient (Wildman–Crippen LogP) is 3.01. The fourth-order valence-electron chi connectivity index (χ4n) is 2.30. The van der Waals surface area contributed by atoms with Gasteiger partial charge in [0.1, 0.15) is 11.5 Å². The molecular formula is C15H17NO4. The molecule has 1 aromatic heterocycles. The fraction of sp³-hybridized carbons (Fsp3) is 0.267. The maximum Gasteiger partial charge on any atom is 0.337 e. The Bertz CT molecular complexity index is 658. The Kier molecular flexibility index (Phi) is 3.70. The fourth-order valence-corrected chi connectivity index (χ4v) is 2.30. The van der Waals surface area contributed by atoms with Crippen LogP contribution in [0.1, 0.15) is 21.6 Å². The van der Waals surface area contributed by atoms with Crippen molar-refractivity contribution in [3.63, 3.8) is 0 Å². The number of methoxy groups -OCH3 is 2. The third-order valence-corrected chi connectivity index (χ3v) is 3.32. The summed E-state index contributed by atoms with van der Waals surface area (Å²) >= 11 is 0. The summed E-state index contributed by atoms with van der Waals surface area (Å²) in [7, 11) is 3.18. The molecule has 5 nitrogen and oxygen atoms in total. The lowest BCUT2D eigenvalue weighted by Crippen LogP contribution is -1.95. The van der Waals surface area contributed by atoms with E-state index in [1.54, 1.807) is 27.2 Å². The van der Waals surface area contributed by atoms with Gasteiger partial charge in [0.2, 0.25) is 0 Å². The average Bonchev–Trinajstić information content (AvgIpc) is 2.80. The molecular weight excluding hydrogens is 258 g/mol. The molecule has 0 aliphatic rings. The van der Waals surface area contributed by atoms with Gasteiger partial charge < -0.3 is 19.6 Å². The number of carboxylic acids is 1. The zero-order valence-electron chi connectivity index (χ0n) is 11.9. The SMILES string of the molecule is COc1ccc(-c2cc(C(=O)O)c(C)[nH]2)c(OC)c1C. The number of rotatable bonds is 4. The Balaban J connectivity index is 2.61. The van der Waals surface area contributed by atoms with Crippen LogP contribution < -0.4 is 9.47 Å². The summed E-state index contributed by atoms with van der Waals surface area (Å²) < 4.78 is 10.7. The molecule has 0 atom stereocenters. The number of hydrogen-bond donors (Lipinski definition) is 2. The Morgan fingerprint density at radius 3 is 2.40 bits per heavy atom. The highest BCUT2D eigenvalue weighted by molar-refractivity contribution is 5.91. The van der Waals surface area contributed by atoms with E-state index in [1.165, 1.54) is 0 Å². The molecule has 0 aliphatic carbocycles. The second-order valence-corrected chi connectivity index (χ2v) is 4.50. The molecule has 0 unspecified atom stereocenters.